The van der Waals surface area contributed by atoms with Gasteiger partial charge in [-0.3, -0.25) is 9.59 Å². The predicted octanol–water partition coefficient (Wildman–Crippen LogP) is 11.8. The summed E-state index contributed by atoms with van der Waals surface area (Å²) in [4.78, 5) is 24.3. The van der Waals surface area contributed by atoms with Crippen molar-refractivity contribution >= 4 is 11.9 Å². The van der Waals surface area contributed by atoms with E-state index in [9.17, 15) is 19.8 Å². The van der Waals surface area contributed by atoms with E-state index in [0.717, 1.165) is 57.8 Å². The molecule has 0 saturated heterocycles. The van der Waals surface area contributed by atoms with Gasteiger partial charge in [-0.2, -0.15) is 0 Å². The van der Waals surface area contributed by atoms with Crippen LogP contribution in [0.1, 0.15) is 226 Å². The standard InChI is InChI=1S/C43H83NO5/c1-3-5-7-9-11-13-14-15-16-21-25-29-33-37-43(48)49-38-34-30-26-22-18-17-20-24-28-32-36-42(47)44-40(39-45)41(46)35-31-27-23-19-12-10-8-6-4-2/h31,35,40-41,45-46H,3-30,32-34,36-39H2,1-2H3,(H,44,47)/b35-31+. The van der Waals surface area contributed by atoms with Crippen molar-refractivity contribution in [2.45, 2.75) is 238 Å². The highest BCUT2D eigenvalue weighted by molar-refractivity contribution is 5.76. The molecule has 0 radical (unpaired) electrons. The number of hydrogen-bond donors (Lipinski definition) is 3. The predicted molar refractivity (Wildman–Crippen MR) is 209 cm³/mol. The number of unbranched alkanes of at least 4 members (excludes halogenated alkanes) is 28. The molecule has 3 N–H and O–H groups in total. The monoisotopic (exact) mass is 694 g/mol. The molecule has 0 aromatic heterocycles. The van der Waals surface area contributed by atoms with Crippen LogP contribution in [0.25, 0.3) is 0 Å². The van der Waals surface area contributed by atoms with Crippen molar-refractivity contribution in [1.82, 2.24) is 5.32 Å². The van der Waals surface area contributed by atoms with E-state index < -0.39 is 12.1 Å². The zero-order valence-electron chi connectivity index (χ0n) is 32.7. The van der Waals surface area contributed by atoms with Gasteiger partial charge in [0.15, 0.2) is 0 Å². The maximum Gasteiger partial charge on any atom is 0.305 e. The molecule has 0 heterocycles. The Morgan fingerprint density at radius 2 is 0.939 bits per heavy atom. The van der Waals surface area contributed by atoms with Gasteiger partial charge in [-0.15, -0.1) is 0 Å². The zero-order chi connectivity index (χ0) is 35.9. The van der Waals surface area contributed by atoms with Crippen LogP contribution in [0.15, 0.2) is 12.2 Å². The van der Waals surface area contributed by atoms with E-state index in [4.69, 9.17) is 4.74 Å². The second-order valence-corrected chi connectivity index (χ2v) is 14.7. The van der Waals surface area contributed by atoms with Crippen molar-refractivity contribution in [2.75, 3.05) is 13.2 Å². The lowest BCUT2D eigenvalue weighted by Crippen LogP contribution is -2.45. The Hall–Kier alpha value is -1.40. The largest absolute Gasteiger partial charge is 0.466 e. The second-order valence-electron chi connectivity index (χ2n) is 14.7. The van der Waals surface area contributed by atoms with Crippen molar-refractivity contribution in [2.24, 2.45) is 0 Å². The molecule has 0 saturated carbocycles. The highest BCUT2D eigenvalue weighted by Crippen LogP contribution is 2.15. The molecule has 0 aliphatic carbocycles. The van der Waals surface area contributed by atoms with Crippen LogP contribution in [0.5, 0.6) is 0 Å². The third-order valence-corrected chi connectivity index (χ3v) is 9.81. The van der Waals surface area contributed by atoms with Crippen LogP contribution in [-0.2, 0) is 14.3 Å². The minimum atomic E-state index is -0.854. The Morgan fingerprint density at radius 1 is 0.551 bits per heavy atom. The fourth-order valence-electron chi connectivity index (χ4n) is 6.45. The van der Waals surface area contributed by atoms with Gasteiger partial charge in [-0.1, -0.05) is 193 Å². The lowest BCUT2D eigenvalue weighted by atomic mass is 10.0. The number of amides is 1. The van der Waals surface area contributed by atoms with E-state index in [2.05, 4.69) is 19.2 Å². The molecule has 0 aromatic carbocycles. The summed E-state index contributed by atoms with van der Waals surface area (Å²) in [6.07, 6.45) is 41.9. The van der Waals surface area contributed by atoms with E-state index in [1.807, 2.05) is 6.08 Å². The number of carbonyl (C=O) groups excluding carboxylic acids is 2. The molecule has 0 aliphatic heterocycles. The first kappa shape index (κ1) is 47.6. The van der Waals surface area contributed by atoms with Crippen molar-refractivity contribution in [1.29, 1.82) is 0 Å². The highest BCUT2D eigenvalue weighted by atomic mass is 16.5. The summed E-state index contributed by atoms with van der Waals surface area (Å²) in [6, 6.07) is -0.640. The third kappa shape index (κ3) is 36.2. The van der Waals surface area contributed by atoms with E-state index in [0.29, 0.717) is 19.4 Å². The van der Waals surface area contributed by atoms with E-state index in [-0.39, 0.29) is 18.5 Å². The van der Waals surface area contributed by atoms with Gasteiger partial charge < -0.3 is 20.3 Å². The Bertz CT molecular complexity index is 727. The first-order valence-electron chi connectivity index (χ1n) is 21.5. The van der Waals surface area contributed by atoms with Crippen LogP contribution in [0.4, 0.5) is 0 Å². The van der Waals surface area contributed by atoms with Crippen molar-refractivity contribution in [3.63, 3.8) is 0 Å². The molecule has 6 nitrogen and oxygen atoms in total. The number of carbonyl (C=O) groups is 2. The number of rotatable bonds is 39. The average molecular weight is 694 g/mol. The van der Waals surface area contributed by atoms with E-state index >= 15 is 0 Å². The molecule has 49 heavy (non-hydrogen) atoms. The summed E-state index contributed by atoms with van der Waals surface area (Å²) in [6.45, 7) is 4.81. The summed E-state index contributed by atoms with van der Waals surface area (Å²) < 4.78 is 5.43. The topological polar surface area (TPSA) is 95.9 Å². The van der Waals surface area contributed by atoms with Gasteiger partial charge in [0.1, 0.15) is 0 Å². The van der Waals surface area contributed by atoms with Gasteiger partial charge in [0, 0.05) is 12.8 Å². The van der Waals surface area contributed by atoms with Crippen molar-refractivity contribution in [3.8, 4) is 0 Å². The number of aliphatic hydroxyl groups is 2. The summed E-state index contributed by atoms with van der Waals surface area (Å²) in [5.41, 5.74) is 0. The van der Waals surface area contributed by atoms with Crippen LogP contribution < -0.4 is 5.32 Å². The van der Waals surface area contributed by atoms with E-state index in [1.165, 1.54) is 141 Å². The quantitative estimate of drug-likeness (QED) is 0.0338. The van der Waals surface area contributed by atoms with Gasteiger partial charge in [0.25, 0.3) is 0 Å². The Balaban J connectivity index is 3.49. The van der Waals surface area contributed by atoms with Gasteiger partial charge >= 0.3 is 5.97 Å². The van der Waals surface area contributed by atoms with Crippen LogP contribution in [-0.4, -0.2) is 47.4 Å². The Kier molecular flexibility index (Phi) is 38.3. The molecule has 0 bridgehead atoms. The molecule has 0 fully saturated rings. The second kappa shape index (κ2) is 39.4. The molecule has 6 heteroatoms. The van der Waals surface area contributed by atoms with E-state index in [1.54, 1.807) is 6.08 Å². The minimum Gasteiger partial charge on any atom is -0.466 e. The fraction of sp³-hybridized carbons (Fsp3) is 0.907. The van der Waals surface area contributed by atoms with Crippen molar-refractivity contribution in [3.05, 3.63) is 12.2 Å². The number of nitrogens with one attached hydrogen (secondary N) is 1. The van der Waals surface area contributed by atoms with Crippen molar-refractivity contribution < 1.29 is 24.5 Å². The molecule has 290 valence electrons. The summed E-state index contributed by atoms with van der Waals surface area (Å²) in [7, 11) is 0. The average Bonchev–Trinajstić information content (AvgIpc) is 3.10. The number of ether oxygens (including phenoxy) is 1. The number of esters is 1. The summed E-state index contributed by atoms with van der Waals surface area (Å²) >= 11 is 0. The molecule has 0 rings (SSSR count). The zero-order valence-corrected chi connectivity index (χ0v) is 32.7. The van der Waals surface area contributed by atoms with Crippen LogP contribution in [0.2, 0.25) is 0 Å². The maximum atomic E-state index is 12.3. The van der Waals surface area contributed by atoms with Crippen LogP contribution in [0.3, 0.4) is 0 Å². The molecule has 1 amide bonds. The van der Waals surface area contributed by atoms with Gasteiger partial charge in [0.2, 0.25) is 5.91 Å². The van der Waals surface area contributed by atoms with Gasteiger partial charge in [-0.05, 0) is 32.1 Å². The third-order valence-electron chi connectivity index (χ3n) is 9.81. The normalized spacial score (nSPS) is 12.8. The molecular weight excluding hydrogens is 610 g/mol. The fourth-order valence-corrected chi connectivity index (χ4v) is 6.45. The SMILES string of the molecule is CCCCCCCCC/C=C/C(O)C(CO)NC(=O)CCCCCCCCCCCCOC(=O)CCCCCCCCCCCCCCC. The smallest absolute Gasteiger partial charge is 0.305 e. The van der Waals surface area contributed by atoms with Crippen LogP contribution >= 0.6 is 0 Å². The summed E-state index contributed by atoms with van der Waals surface area (Å²) in [5.74, 6) is -0.114. The maximum absolute atomic E-state index is 12.3. The molecule has 2 atom stereocenters. The first-order valence-corrected chi connectivity index (χ1v) is 21.5. The minimum absolute atomic E-state index is 0.0205. The number of allylic oxidation sites excluding steroid dienone is 1. The molecule has 0 aliphatic rings. The number of aliphatic hydroxyl groups excluding tert-OH is 2. The Labute approximate surface area is 304 Å². The number of hydrogen-bond acceptors (Lipinski definition) is 5. The molecular formula is C43H83NO5. The molecule has 2 unspecified atom stereocenters. The van der Waals surface area contributed by atoms with Crippen LogP contribution in [0, 0.1) is 0 Å². The Morgan fingerprint density at radius 3 is 1.39 bits per heavy atom. The first-order chi connectivity index (χ1) is 24.0. The van der Waals surface area contributed by atoms with Gasteiger partial charge in [0.05, 0.1) is 25.4 Å². The lowest BCUT2D eigenvalue weighted by molar-refractivity contribution is -0.143. The highest BCUT2D eigenvalue weighted by Gasteiger charge is 2.18. The molecule has 0 spiro atoms. The lowest BCUT2D eigenvalue weighted by Gasteiger charge is -2.20. The van der Waals surface area contributed by atoms with Gasteiger partial charge in [-0.25, -0.2) is 0 Å². The molecule has 0 aromatic rings. The summed E-state index contributed by atoms with van der Waals surface area (Å²) in [5, 5.41) is 22.8.